The van der Waals surface area contributed by atoms with Crippen molar-refractivity contribution in [2.45, 2.75) is 19.6 Å². The van der Waals surface area contributed by atoms with Crippen molar-refractivity contribution in [3.63, 3.8) is 0 Å². The van der Waals surface area contributed by atoms with Gasteiger partial charge in [0.1, 0.15) is 23.8 Å². The number of ether oxygens (including phenoxy) is 1. The van der Waals surface area contributed by atoms with Gasteiger partial charge < -0.3 is 20.3 Å². The molecule has 0 saturated carbocycles. The monoisotopic (exact) mass is 509 g/mol. The molecule has 1 aromatic heterocycles. The SMILES string of the molecule is CCOc1cc(F)cc(-c2nn(Cc3ccccc3C(F)(F)F)c(=O)c(C(=O)NCC(=O)O)c2O)c1. The van der Waals surface area contributed by atoms with Crippen LogP contribution in [0.4, 0.5) is 17.6 Å². The van der Waals surface area contributed by atoms with Crippen molar-refractivity contribution in [1.29, 1.82) is 0 Å². The van der Waals surface area contributed by atoms with Crippen LogP contribution in [0.3, 0.4) is 0 Å². The van der Waals surface area contributed by atoms with Gasteiger partial charge in [0.05, 0.1) is 18.7 Å². The van der Waals surface area contributed by atoms with Gasteiger partial charge in [0.15, 0.2) is 11.3 Å². The molecule has 190 valence electrons. The van der Waals surface area contributed by atoms with Crippen LogP contribution in [-0.4, -0.2) is 45.0 Å². The Kier molecular flexibility index (Phi) is 7.61. The van der Waals surface area contributed by atoms with Crippen molar-refractivity contribution < 1.29 is 42.1 Å². The zero-order valence-electron chi connectivity index (χ0n) is 18.6. The van der Waals surface area contributed by atoms with Crippen molar-refractivity contribution in [2.24, 2.45) is 0 Å². The second-order valence-corrected chi connectivity index (χ2v) is 7.37. The molecule has 0 spiro atoms. The van der Waals surface area contributed by atoms with Gasteiger partial charge in [0, 0.05) is 11.6 Å². The van der Waals surface area contributed by atoms with Gasteiger partial charge in [-0.2, -0.15) is 18.3 Å². The minimum Gasteiger partial charge on any atom is -0.505 e. The van der Waals surface area contributed by atoms with Crippen molar-refractivity contribution in [2.75, 3.05) is 13.2 Å². The Labute approximate surface area is 200 Å². The number of hydrogen-bond acceptors (Lipinski definition) is 6. The van der Waals surface area contributed by atoms with E-state index in [4.69, 9.17) is 9.84 Å². The minimum atomic E-state index is -4.77. The third kappa shape index (κ3) is 5.79. The molecule has 3 N–H and O–H groups in total. The Hall–Kier alpha value is -4.42. The maximum atomic E-state index is 14.2. The van der Waals surface area contributed by atoms with E-state index in [-0.39, 0.29) is 23.5 Å². The summed E-state index contributed by atoms with van der Waals surface area (Å²) in [4.78, 5) is 36.4. The van der Waals surface area contributed by atoms with Crippen LogP contribution in [-0.2, 0) is 17.5 Å². The Morgan fingerprint density at radius 3 is 2.50 bits per heavy atom. The van der Waals surface area contributed by atoms with Crippen molar-refractivity contribution in [1.82, 2.24) is 15.1 Å². The van der Waals surface area contributed by atoms with Crippen LogP contribution in [0.25, 0.3) is 11.3 Å². The molecule has 0 bridgehead atoms. The van der Waals surface area contributed by atoms with Crippen LogP contribution >= 0.6 is 0 Å². The first-order chi connectivity index (χ1) is 16.9. The van der Waals surface area contributed by atoms with Gasteiger partial charge in [0.25, 0.3) is 11.5 Å². The predicted molar refractivity (Wildman–Crippen MR) is 117 cm³/mol. The molecule has 0 unspecified atom stereocenters. The molecule has 36 heavy (non-hydrogen) atoms. The lowest BCUT2D eigenvalue weighted by Crippen LogP contribution is -2.37. The van der Waals surface area contributed by atoms with Gasteiger partial charge in [-0.3, -0.25) is 14.4 Å². The standard InChI is InChI=1S/C23H19F4N3O6/c1-2-36-15-8-13(7-14(24)9-15)19-20(33)18(21(34)28-10-17(31)32)22(35)30(29-19)11-12-5-3-4-6-16(12)23(25,26)27/h3-9,33H,2,10-11H2,1H3,(H,28,34)(H,31,32). The second-order valence-electron chi connectivity index (χ2n) is 7.37. The van der Waals surface area contributed by atoms with Crippen LogP contribution in [0.1, 0.15) is 28.4 Å². The highest BCUT2D eigenvalue weighted by molar-refractivity contribution is 5.99. The molecule has 0 saturated heterocycles. The zero-order chi connectivity index (χ0) is 26.6. The molecule has 1 amide bonds. The number of aliphatic carboxylic acids is 1. The molecule has 0 fully saturated rings. The number of benzene rings is 2. The summed E-state index contributed by atoms with van der Waals surface area (Å²) < 4.78 is 60.4. The lowest BCUT2D eigenvalue weighted by atomic mass is 10.1. The highest BCUT2D eigenvalue weighted by Gasteiger charge is 2.33. The zero-order valence-corrected chi connectivity index (χ0v) is 18.6. The summed E-state index contributed by atoms with van der Waals surface area (Å²) in [5, 5.41) is 25.4. The van der Waals surface area contributed by atoms with Gasteiger partial charge in [-0.1, -0.05) is 18.2 Å². The fraction of sp³-hybridized carbons (Fsp3) is 0.217. The molecular formula is C23H19F4N3O6. The number of carboxylic acid groups (broad SMARTS) is 1. The smallest absolute Gasteiger partial charge is 0.416 e. The van der Waals surface area contributed by atoms with Gasteiger partial charge in [-0.05, 0) is 30.7 Å². The average molecular weight is 509 g/mol. The van der Waals surface area contributed by atoms with Crippen molar-refractivity contribution in [3.05, 3.63) is 75.3 Å². The van der Waals surface area contributed by atoms with E-state index in [9.17, 15) is 37.1 Å². The third-order valence-corrected chi connectivity index (χ3v) is 4.86. The first kappa shape index (κ1) is 26.2. The summed E-state index contributed by atoms with van der Waals surface area (Å²) in [6.45, 7) is 0.0950. The lowest BCUT2D eigenvalue weighted by Gasteiger charge is -2.16. The number of carboxylic acids is 1. The van der Waals surface area contributed by atoms with Gasteiger partial charge in [-0.25, -0.2) is 9.07 Å². The number of amides is 1. The summed E-state index contributed by atoms with van der Waals surface area (Å²) in [5.41, 5.74) is -4.37. The quantitative estimate of drug-likeness (QED) is 0.398. The summed E-state index contributed by atoms with van der Waals surface area (Å²) >= 11 is 0. The molecule has 0 aliphatic carbocycles. The summed E-state index contributed by atoms with van der Waals surface area (Å²) in [5.74, 6) is -4.60. The second kappa shape index (κ2) is 10.5. The molecule has 3 aromatic rings. The fourth-order valence-corrected chi connectivity index (χ4v) is 3.36. The highest BCUT2D eigenvalue weighted by atomic mass is 19.4. The van der Waals surface area contributed by atoms with Gasteiger partial charge >= 0.3 is 12.1 Å². The molecule has 1 heterocycles. The van der Waals surface area contributed by atoms with Crippen LogP contribution in [0.15, 0.2) is 47.3 Å². The van der Waals surface area contributed by atoms with E-state index in [2.05, 4.69) is 5.10 Å². The van der Waals surface area contributed by atoms with Crippen LogP contribution in [0.5, 0.6) is 11.5 Å². The number of nitrogens with zero attached hydrogens (tertiary/aromatic N) is 2. The maximum absolute atomic E-state index is 14.2. The number of nitrogens with one attached hydrogen (secondary N) is 1. The number of rotatable bonds is 8. The Balaban J connectivity index is 2.25. The Morgan fingerprint density at radius 1 is 1.17 bits per heavy atom. The number of alkyl halides is 3. The van der Waals surface area contributed by atoms with E-state index in [0.717, 1.165) is 30.3 Å². The first-order valence-electron chi connectivity index (χ1n) is 10.3. The lowest BCUT2D eigenvalue weighted by molar-refractivity contribution is -0.138. The summed E-state index contributed by atoms with van der Waals surface area (Å²) in [6.07, 6.45) is -4.77. The molecule has 0 atom stereocenters. The number of hydrogen-bond donors (Lipinski definition) is 3. The van der Waals surface area contributed by atoms with Crippen LogP contribution in [0.2, 0.25) is 0 Å². The number of carbonyl (C=O) groups excluding carboxylic acids is 1. The molecule has 3 rings (SSSR count). The number of aromatic nitrogens is 2. The van der Waals surface area contributed by atoms with Gasteiger partial charge in [0.2, 0.25) is 0 Å². The molecule has 13 heteroatoms. The fourth-order valence-electron chi connectivity index (χ4n) is 3.36. The van der Waals surface area contributed by atoms with Crippen LogP contribution < -0.4 is 15.6 Å². The predicted octanol–water partition coefficient (Wildman–Crippen LogP) is 3.04. The normalized spacial score (nSPS) is 11.2. The third-order valence-electron chi connectivity index (χ3n) is 4.86. The maximum Gasteiger partial charge on any atom is 0.416 e. The van der Waals surface area contributed by atoms with E-state index >= 15 is 0 Å². The molecule has 2 aromatic carbocycles. The number of aromatic hydroxyl groups is 1. The highest BCUT2D eigenvalue weighted by Crippen LogP contribution is 2.34. The molecule has 0 radical (unpaired) electrons. The van der Waals surface area contributed by atoms with E-state index in [0.29, 0.717) is 4.68 Å². The van der Waals surface area contributed by atoms with Gasteiger partial charge in [-0.15, -0.1) is 0 Å². The molecule has 0 aliphatic heterocycles. The largest absolute Gasteiger partial charge is 0.505 e. The van der Waals surface area contributed by atoms with Crippen molar-refractivity contribution in [3.8, 4) is 22.8 Å². The van der Waals surface area contributed by atoms with Crippen LogP contribution in [0, 0.1) is 5.82 Å². The summed E-state index contributed by atoms with van der Waals surface area (Å²) in [7, 11) is 0. The van der Waals surface area contributed by atoms with E-state index in [1.54, 1.807) is 6.92 Å². The van der Waals surface area contributed by atoms with E-state index in [1.807, 2.05) is 5.32 Å². The Bertz CT molecular complexity index is 1370. The number of halogens is 4. The van der Waals surface area contributed by atoms with E-state index in [1.165, 1.54) is 12.1 Å². The average Bonchev–Trinajstić information content (AvgIpc) is 2.79. The molecule has 9 nitrogen and oxygen atoms in total. The molecule has 0 aliphatic rings. The van der Waals surface area contributed by atoms with E-state index < -0.39 is 65.1 Å². The summed E-state index contributed by atoms with van der Waals surface area (Å²) in [6, 6.07) is 7.52. The Morgan fingerprint density at radius 2 is 1.86 bits per heavy atom. The topological polar surface area (TPSA) is 131 Å². The number of carbonyl (C=O) groups is 2. The first-order valence-corrected chi connectivity index (χ1v) is 10.3. The molecular weight excluding hydrogens is 490 g/mol. The van der Waals surface area contributed by atoms with Crippen molar-refractivity contribution >= 4 is 11.9 Å². The minimum absolute atomic E-state index is 0.0192.